The van der Waals surface area contributed by atoms with Gasteiger partial charge in [-0.1, -0.05) is 6.07 Å². The van der Waals surface area contributed by atoms with Crippen LogP contribution in [0, 0.1) is 11.3 Å². The van der Waals surface area contributed by atoms with Crippen LogP contribution in [0.2, 0.25) is 0 Å². The van der Waals surface area contributed by atoms with Crippen LogP contribution in [0.25, 0.3) is 17.7 Å². The number of carbonyl (C=O) groups excluding carboxylic acids is 1. The normalized spacial score (nSPS) is 14.6. The number of amides is 1. The van der Waals surface area contributed by atoms with Gasteiger partial charge in [-0.3, -0.25) is 4.79 Å². The first-order chi connectivity index (χ1) is 13.2. The first-order valence-electron chi connectivity index (χ1n) is 8.45. The molecular weight excluding hydrogens is 364 g/mol. The van der Waals surface area contributed by atoms with Crippen LogP contribution in [0.1, 0.15) is 10.6 Å². The summed E-state index contributed by atoms with van der Waals surface area (Å²) in [4.78, 5) is 21.3. The summed E-state index contributed by atoms with van der Waals surface area (Å²) in [6, 6.07) is 9.45. The second-order valence-electron chi connectivity index (χ2n) is 5.92. The van der Waals surface area contributed by atoms with Gasteiger partial charge < -0.3 is 18.6 Å². The van der Waals surface area contributed by atoms with E-state index in [1.54, 1.807) is 34.4 Å². The lowest BCUT2D eigenvalue weighted by Crippen LogP contribution is -2.48. The molecule has 0 atom stereocenters. The zero-order valence-corrected chi connectivity index (χ0v) is 15.2. The Morgan fingerprint density at radius 3 is 2.78 bits per heavy atom. The predicted molar refractivity (Wildman–Crippen MR) is 101 cm³/mol. The number of furan rings is 1. The van der Waals surface area contributed by atoms with Gasteiger partial charge in [0.25, 0.3) is 5.89 Å². The van der Waals surface area contributed by atoms with Gasteiger partial charge in [0.2, 0.25) is 17.5 Å². The Morgan fingerprint density at radius 1 is 1.26 bits per heavy atom. The van der Waals surface area contributed by atoms with E-state index in [9.17, 15) is 10.1 Å². The molecule has 27 heavy (non-hydrogen) atoms. The van der Waals surface area contributed by atoms with Gasteiger partial charge in [0.15, 0.2) is 5.76 Å². The second-order valence-corrected chi connectivity index (χ2v) is 6.90. The van der Waals surface area contributed by atoms with E-state index in [0.717, 1.165) is 4.88 Å². The molecule has 136 valence electrons. The van der Waals surface area contributed by atoms with Gasteiger partial charge in [-0.05, 0) is 29.7 Å². The van der Waals surface area contributed by atoms with Gasteiger partial charge in [0.1, 0.15) is 6.07 Å². The Morgan fingerprint density at radius 2 is 2.11 bits per heavy atom. The van der Waals surface area contributed by atoms with E-state index >= 15 is 0 Å². The van der Waals surface area contributed by atoms with E-state index in [2.05, 4.69) is 11.1 Å². The first-order valence-corrected chi connectivity index (χ1v) is 9.33. The van der Waals surface area contributed by atoms with Crippen LogP contribution in [-0.2, 0) is 4.79 Å². The minimum absolute atomic E-state index is 0.0163. The standard InChI is InChI=1S/C19H16N4O3S/c20-13-15-19(26-18(21-15)16-4-1-11-25-16)23-9-7-22(8-10-23)17(24)6-5-14-3-2-12-27-14/h1-6,11-12H,7-10H2. The maximum Gasteiger partial charge on any atom is 0.266 e. The highest BCUT2D eigenvalue weighted by molar-refractivity contribution is 7.10. The van der Waals surface area contributed by atoms with Crippen LogP contribution in [-0.4, -0.2) is 42.0 Å². The van der Waals surface area contributed by atoms with Crippen LogP contribution in [0.3, 0.4) is 0 Å². The van der Waals surface area contributed by atoms with Gasteiger partial charge >= 0.3 is 0 Å². The summed E-state index contributed by atoms with van der Waals surface area (Å²) < 4.78 is 11.0. The SMILES string of the molecule is N#Cc1nc(-c2ccco2)oc1N1CCN(C(=O)C=Cc2cccs2)CC1. The Labute approximate surface area is 159 Å². The molecule has 3 aromatic rings. The Hall–Kier alpha value is -3.31. The lowest BCUT2D eigenvalue weighted by Gasteiger charge is -2.33. The highest BCUT2D eigenvalue weighted by atomic mass is 32.1. The third kappa shape index (κ3) is 3.64. The molecule has 8 heteroatoms. The van der Waals surface area contributed by atoms with Crippen molar-refractivity contribution in [3.05, 3.63) is 52.6 Å². The molecule has 1 fully saturated rings. The van der Waals surface area contributed by atoms with Crippen molar-refractivity contribution >= 4 is 29.2 Å². The molecule has 0 unspecified atom stereocenters. The summed E-state index contributed by atoms with van der Waals surface area (Å²) in [6.07, 6.45) is 4.96. The van der Waals surface area contributed by atoms with E-state index in [0.29, 0.717) is 37.8 Å². The number of thiophene rings is 1. The van der Waals surface area contributed by atoms with Crippen molar-refractivity contribution in [2.75, 3.05) is 31.1 Å². The van der Waals surface area contributed by atoms with Gasteiger partial charge in [0.05, 0.1) is 6.26 Å². The molecule has 1 amide bonds. The summed E-state index contributed by atoms with van der Waals surface area (Å²) in [5.41, 5.74) is 0.221. The maximum absolute atomic E-state index is 12.3. The second kappa shape index (κ2) is 7.51. The zero-order valence-electron chi connectivity index (χ0n) is 14.4. The number of piperazine rings is 1. The monoisotopic (exact) mass is 380 g/mol. The fourth-order valence-electron chi connectivity index (χ4n) is 2.88. The minimum atomic E-state index is -0.0163. The first kappa shape index (κ1) is 17.1. The minimum Gasteiger partial charge on any atom is -0.459 e. The van der Waals surface area contributed by atoms with Gasteiger partial charge in [-0.25, -0.2) is 0 Å². The van der Waals surface area contributed by atoms with Gasteiger partial charge in [-0.2, -0.15) is 10.2 Å². The molecule has 3 aromatic heterocycles. The summed E-state index contributed by atoms with van der Waals surface area (Å²) in [7, 11) is 0. The summed E-state index contributed by atoms with van der Waals surface area (Å²) in [5, 5.41) is 11.3. The van der Waals surface area contributed by atoms with E-state index in [1.807, 2.05) is 28.5 Å². The van der Waals surface area contributed by atoms with Gasteiger partial charge in [0, 0.05) is 37.1 Å². The van der Waals surface area contributed by atoms with Crippen molar-refractivity contribution in [2.24, 2.45) is 0 Å². The van der Waals surface area contributed by atoms with Crippen LogP contribution >= 0.6 is 11.3 Å². The molecule has 0 saturated carbocycles. The Kier molecular flexibility index (Phi) is 4.77. The topological polar surface area (TPSA) is 86.5 Å². The summed E-state index contributed by atoms with van der Waals surface area (Å²) in [5.74, 6) is 1.16. The Balaban J connectivity index is 1.42. The van der Waals surface area contributed by atoms with Crippen molar-refractivity contribution in [1.82, 2.24) is 9.88 Å². The van der Waals surface area contributed by atoms with E-state index < -0.39 is 0 Å². The molecule has 0 spiro atoms. The Bertz CT molecular complexity index is 975. The lowest BCUT2D eigenvalue weighted by molar-refractivity contribution is -0.126. The number of anilines is 1. The molecule has 0 bridgehead atoms. The smallest absolute Gasteiger partial charge is 0.266 e. The van der Waals surface area contributed by atoms with Crippen molar-refractivity contribution in [3.8, 4) is 17.7 Å². The zero-order chi connectivity index (χ0) is 18.6. The van der Waals surface area contributed by atoms with Gasteiger partial charge in [-0.15, -0.1) is 11.3 Å². The number of aromatic nitrogens is 1. The predicted octanol–water partition coefficient (Wildman–Crippen LogP) is 3.23. The highest BCUT2D eigenvalue weighted by Gasteiger charge is 2.26. The summed E-state index contributed by atoms with van der Waals surface area (Å²) >= 11 is 1.59. The number of oxazole rings is 1. The molecule has 0 aliphatic carbocycles. The molecular formula is C19H16N4O3S. The van der Waals surface area contributed by atoms with Crippen LogP contribution < -0.4 is 4.90 Å². The highest BCUT2D eigenvalue weighted by Crippen LogP contribution is 2.29. The van der Waals surface area contributed by atoms with E-state index in [4.69, 9.17) is 8.83 Å². The summed E-state index contributed by atoms with van der Waals surface area (Å²) in [6.45, 7) is 2.24. The number of rotatable bonds is 4. The molecule has 1 aliphatic heterocycles. The number of nitrogens with zero attached hydrogens (tertiary/aromatic N) is 4. The third-order valence-corrected chi connectivity index (χ3v) is 5.10. The average Bonchev–Trinajstić information content (AvgIpc) is 3.47. The molecule has 1 saturated heterocycles. The molecule has 4 heterocycles. The number of carbonyl (C=O) groups is 1. The molecule has 0 radical (unpaired) electrons. The number of hydrogen-bond acceptors (Lipinski definition) is 7. The largest absolute Gasteiger partial charge is 0.459 e. The number of nitriles is 1. The van der Waals surface area contributed by atoms with Crippen molar-refractivity contribution < 1.29 is 13.6 Å². The van der Waals surface area contributed by atoms with E-state index in [-0.39, 0.29) is 17.5 Å². The average molecular weight is 380 g/mol. The third-order valence-electron chi connectivity index (χ3n) is 4.26. The quantitative estimate of drug-likeness (QED) is 0.646. The molecule has 1 aliphatic rings. The van der Waals surface area contributed by atoms with Crippen molar-refractivity contribution in [3.63, 3.8) is 0 Å². The van der Waals surface area contributed by atoms with Crippen LogP contribution in [0.4, 0.5) is 5.88 Å². The lowest BCUT2D eigenvalue weighted by atomic mass is 10.3. The van der Waals surface area contributed by atoms with Crippen LogP contribution in [0.5, 0.6) is 0 Å². The fraction of sp³-hybridized carbons (Fsp3) is 0.211. The molecule has 7 nitrogen and oxygen atoms in total. The fourth-order valence-corrected chi connectivity index (χ4v) is 3.50. The molecule has 0 N–H and O–H groups in total. The van der Waals surface area contributed by atoms with Crippen LogP contribution in [0.15, 0.2) is 50.8 Å². The number of hydrogen-bond donors (Lipinski definition) is 0. The molecule has 0 aromatic carbocycles. The van der Waals surface area contributed by atoms with Crippen molar-refractivity contribution in [2.45, 2.75) is 0 Å². The van der Waals surface area contributed by atoms with Crippen molar-refractivity contribution in [1.29, 1.82) is 5.26 Å². The maximum atomic E-state index is 12.3. The van der Waals surface area contributed by atoms with E-state index in [1.165, 1.54) is 6.26 Å². The molecule has 4 rings (SSSR count).